The van der Waals surface area contributed by atoms with E-state index in [0.717, 1.165) is 66.0 Å². The zero-order valence-electron chi connectivity index (χ0n) is 65.0. The van der Waals surface area contributed by atoms with E-state index < -0.39 is 78.6 Å². The maximum atomic E-state index is 9.24. The standard InChI is InChI=1S/C84H65N5O2/c1-55(2)60-47-61(56(3)4)49-62(48-60)71-36-22-35-70(59-27-12-7-13-28-59)84(71)91-67-45-46-85-82(53-67)89-78-44-41-64(88-76-37-16-14-31-72(76)73-32-15-17-38-77(73)88)51-75(78)74-43-42-66(52-81(74)89)90-65-30-20-29-63(50-65)86-54-87(80-40-19-18-39-79(80)86)83-68(57-23-8-5-9-24-57)33-21-34-69(83)58-25-10-6-11-26-58/h5-53,55-56H,54H2,1-4H3/i5D,6D,7D,8D,9D,10D,11D,12D,13D,23D,24D,25D,26D,27D,28D. The first-order valence-electron chi connectivity index (χ1n) is 37.8. The summed E-state index contributed by atoms with van der Waals surface area (Å²) in [5, 5.41) is 3.99. The van der Waals surface area contributed by atoms with E-state index in [1.54, 1.807) is 36.5 Å². The van der Waals surface area contributed by atoms with E-state index in [1.165, 1.54) is 0 Å². The van der Waals surface area contributed by atoms with Crippen LogP contribution in [0.4, 0.5) is 22.7 Å². The van der Waals surface area contributed by atoms with E-state index in [0.29, 0.717) is 51.3 Å². The van der Waals surface area contributed by atoms with Gasteiger partial charge in [0.25, 0.3) is 0 Å². The molecular weight excluding hydrogens is 1110 g/mol. The quantitative estimate of drug-likeness (QED) is 0.109. The molecule has 1 aliphatic rings. The van der Waals surface area contributed by atoms with Gasteiger partial charge in [0.2, 0.25) is 0 Å². The van der Waals surface area contributed by atoms with Gasteiger partial charge in [-0.2, -0.15) is 0 Å². The molecule has 0 bridgehead atoms. The molecule has 0 atom stereocenters. The first-order valence-corrected chi connectivity index (χ1v) is 30.3. The summed E-state index contributed by atoms with van der Waals surface area (Å²) < 4.78 is 152. The van der Waals surface area contributed by atoms with Crippen molar-refractivity contribution in [2.45, 2.75) is 39.5 Å². The Morgan fingerprint density at radius 2 is 0.901 bits per heavy atom. The highest BCUT2D eigenvalue weighted by Crippen LogP contribution is 2.51. The van der Waals surface area contributed by atoms with Crippen molar-refractivity contribution in [2.75, 3.05) is 16.5 Å². The van der Waals surface area contributed by atoms with Crippen LogP contribution in [-0.4, -0.2) is 20.8 Å². The van der Waals surface area contributed by atoms with Crippen LogP contribution in [0.25, 0.3) is 99.6 Å². The van der Waals surface area contributed by atoms with Gasteiger partial charge in [0.15, 0.2) is 0 Å². The number of para-hydroxylation sites is 6. The third-order valence-electron chi connectivity index (χ3n) is 17.1. The van der Waals surface area contributed by atoms with Crippen molar-refractivity contribution in [3.8, 4) is 79.0 Å². The number of hydrogen-bond donors (Lipinski definition) is 0. The highest BCUT2D eigenvalue weighted by Gasteiger charge is 2.32. The first-order chi connectivity index (χ1) is 51.0. The maximum Gasteiger partial charge on any atom is 0.143 e. The van der Waals surface area contributed by atoms with Gasteiger partial charge in [-0.1, -0.05) is 228 Å². The van der Waals surface area contributed by atoms with Crippen molar-refractivity contribution in [1.29, 1.82) is 0 Å². The topological polar surface area (TPSA) is 47.7 Å². The molecule has 0 saturated carbocycles. The number of fused-ring (bicyclic) bond motifs is 7. The highest BCUT2D eigenvalue weighted by atomic mass is 16.5. The van der Waals surface area contributed by atoms with Crippen molar-refractivity contribution in [3.63, 3.8) is 0 Å². The van der Waals surface area contributed by atoms with E-state index in [9.17, 15) is 8.22 Å². The molecule has 0 N–H and O–H groups in total. The number of benzene rings is 12. The SMILES string of the molecule is [2H]c1c([2H])c([2H])c(-c2cccc(-c3cc(C(C)C)cc(C(C)C)c3)c2Oc2ccnc(-n3c4ccc(-n5c6ccccc6c6ccccc65)cc4c4ccc(Oc5cccc(N6CN(c7c(-c8c([2H])c([2H])c([2H])c([2H])c8[2H])cccc7-c7c([2H])c([2H])c([2H])c([2H])c7[2H])c7ccccc76)c5)cc43)c2)c([2H])c1[2H]. The predicted molar refractivity (Wildman–Crippen MR) is 378 cm³/mol. The second-order valence-electron chi connectivity index (χ2n) is 23.2. The van der Waals surface area contributed by atoms with E-state index in [2.05, 4.69) is 97.5 Å². The molecular formula is C84H65N5O2. The number of nitrogens with zero attached hydrogens (tertiary/aromatic N) is 5. The Labute approximate surface area is 551 Å². The van der Waals surface area contributed by atoms with Gasteiger partial charge in [-0.05, 0) is 118 Å². The third kappa shape index (κ3) is 9.92. The Hall–Kier alpha value is -11.4. The van der Waals surface area contributed by atoms with E-state index in [4.69, 9.17) is 26.8 Å². The molecule has 15 aromatic rings. The minimum Gasteiger partial charge on any atom is -0.457 e. The second kappa shape index (κ2) is 22.9. The minimum absolute atomic E-state index is 0.00629. The zero-order valence-corrected chi connectivity index (χ0v) is 50.0. The van der Waals surface area contributed by atoms with Crippen LogP contribution in [0.5, 0.6) is 23.0 Å². The zero-order chi connectivity index (χ0) is 74.2. The van der Waals surface area contributed by atoms with Crippen molar-refractivity contribution < 1.29 is 30.0 Å². The summed E-state index contributed by atoms with van der Waals surface area (Å²) in [7, 11) is 0. The minimum atomic E-state index is -0.584. The molecule has 91 heavy (non-hydrogen) atoms. The Morgan fingerprint density at radius 1 is 0.374 bits per heavy atom. The number of hydrogen-bond acceptors (Lipinski definition) is 5. The summed E-state index contributed by atoms with van der Waals surface area (Å²) in [6.07, 6.45) is 1.66. The molecule has 0 fully saturated rings. The Kier molecular flexibility index (Phi) is 10.3. The fraction of sp³-hybridized carbons (Fsp3) is 0.0833. The van der Waals surface area contributed by atoms with Gasteiger partial charge in [0, 0.05) is 79.6 Å². The van der Waals surface area contributed by atoms with Crippen LogP contribution in [0.15, 0.2) is 297 Å². The number of aromatic nitrogens is 3. The summed E-state index contributed by atoms with van der Waals surface area (Å²) in [4.78, 5) is 8.96. The van der Waals surface area contributed by atoms with Crippen molar-refractivity contribution in [3.05, 3.63) is 308 Å². The van der Waals surface area contributed by atoms with Crippen LogP contribution < -0.4 is 19.3 Å². The van der Waals surface area contributed by atoms with Crippen LogP contribution in [0.2, 0.25) is 0 Å². The molecule has 438 valence electrons. The van der Waals surface area contributed by atoms with Crippen molar-refractivity contribution in [1.82, 2.24) is 14.1 Å². The lowest BCUT2D eigenvalue weighted by Crippen LogP contribution is -2.24. The fourth-order valence-corrected chi connectivity index (χ4v) is 12.8. The average Bonchev–Trinajstić information content (AvgIpc) is 1.40. The van der Waals surface area contributed by atoms with Crippen LogP contribution in [0, 0.1) is 0 Å². The Balaban J connectivity index is 0.834. The lowest BCUT2D eigenvalue weighted by molar-refractivity contribution is 0.483. The molecule has 0 aliphatic carbocycles. The van der Waals surface area contributed by atoms with E-state index in [-0.39, 0.29) is 69.8 Å². The number of rotatable bonds is 14. The Morgan fingerprint density at radius 3 is 1.54 bits per heavy atom. The average molecular weight is 1190 g/mol. The summed E-state index contributed by atoms with van der Waals surface area (Å²) >= 11 is 0. The molecule has 7 heteroatoms. The molecule has 0 saturated heterocycles. The molecule has 0 amide bonds. The van der Waals surface area contributed by atoms with Gasteiger partial charge >= 0.3 is 0 Å². The number of ether oxygens (including phenoxy) is 2. The van der Waals surface area contributed by atoms with Crippen LogP contribution in [0.3, 0.4) is 0 Å². The monoisotopic (exact) mass is 1190 g/mol. The van der Waals surface area contributed by atoms with Gasteiger partial charge in [0.05, 0.1) is 59.7 Å². The molecule has 0 radical (unpaired) electrons. The largest absolute Gasteiger partial charge is 0.457 e. The normalized spacial score (nSPS) is 14.6. The third-order valence-corrected chi connectivity index (χ3v) is 17.1. The molecule has 4 heterocycles. The van der Waals surface area contributed by atoms with Gasteiger partial charge in [0.1, 0.15) is 35.5 Å². The number of pyridine rings is 1. The lowest BCUT2D eigenvalue weighted by atomic mass is 9.89. The summed E-state index contributed by atoms with van der Waals surface area (Å²) in [6, 6.07) is 56.8. The van der Waals surface area contributed by atoms with Crippen LogP contribution >= 0.6 is 0 Å². The second-order valence-corrected chi connectivity index (χ2v) is 23.2. The molecule has 16 rings (SSSR count). The van der Waals surface area contributed by atoms with Crippen LogP contribution in [0.1, 0.15) is 71.2 Å². The molecule has 3 aromatic heterocycles. The van der Waals surface area contributed by atoms with Gasteiger partial charge < -0.3 is 23.8 Å². The summed E-state index contributed by atoms with van der Waals surface area (Å²) in [6.45, 7) is 8.59. The van der Waals surface area contributed by atoms with Gasteiger partial charge in [-0.15, -0.1) is 0 Å². The van der Waals surface area contributed by atoms with E-state index in [1.807, 2.05) is 119 Å². The first kappa shape index (κ1) is 40.9. The maximum absolute atomic E-state index is 9.24. The smallest absolute Gasteiger partial charge is 0.143 e. The highest BCUT2D eigenvalue weighted by molar-refractivity contribution is 6.12. The van der Waals surface area contributed by atoms with E-state index >= 15 is 0 Å². The van der Waals surface area contributed by atoms with Crippen molar-refractivity contribution in [2.24, 2.45) is 0 Å². The molecule has 12 aromatic carbocycles. The fourth-order valence-electron chi connectivity index (χ4n) is 12.8. The number of anilines is 4. The molecule has 0 spiro atoms. The van der Waals surface area contributed by atoms with Gasteiger partial charge in [-0.25, -0.2) is 4.98 Å². The van der Waals surface area contributed by atoms with Crippen LogP contribution in [-0.2, 0) is 0 Å². The van der Waals surface area contributed by atoms with Gasteiger partial charge in [-0.3, -0.25) is 4.57 Å². The summed E-state index contributed by atoms with van der Waals surface area (Å²) in [5.41, 5.74) is 10.8. The summed E-state index contributed by atoms with van der Waals surface area (Å²) in [5.74, 6) is 2.34. The predicted octanol–water partition coefficient (Wildman–Crippen LogP) is 23.0. The lowest BCUT2D eigenvalue weighted by Gasteiger charge is -2.27. The molecule has 0 unspecified atom stereocenters. The Bertz CT molecular complexity index is 5960. The molecule has 7 nitrogen and oxygen atoms in total. The molecule has 1 aliphatic heterocycles. The van der Waals surface area contributed by atoms with Crippen molar-refractivity contribution >= 4 is 66.4 Å².